The van der Waals surface area contributed by atoms with E-state index in [9.17, 15) is 0 Å². The Hall–Kier alpha value is -0.120. The van der Waals surface area contributed by atoms with Crippen LogP contribution in [0.4, 0.5) is 0 Å². The third kappa shape index (κ3) is 1.28. The summed E-state index contributed by atoms with van der Waals surface area (Å²) in [4.78, 5) is 0. The van der Waals surface area contributed by atoms with Crippen LogP contribution in [0, 0.1) is 0 Å². The number of methoxy groups -OCH3 is 1. The molecule has 11 heavy (non-hydrogen) atoms. The molecule has 0 aromatic carbocycles. The van der Waals surface area contributed by atoms with Gasteiger partial charge in [0, 0.05) is 26.2 Å². The number of ether oxygens (including phenoxy) is 1. The van der Waals surface area contributed by atoms with Gasteiger partial charge in [-0.2, -0.15) is 0 Å². The standard InChI is InChI=1S/C8H16N2O/c1-11-6-8-3-2-7(10-8)4-9-5-8/h7,9-10H,2-6H2,1H3/t7-,8+/m0/s1. The molecule has 2 bridgehead atoms. The van der Waals surface area contributed by atoms with E-state index in [1.807, 2.05) is 0 Å². The zero-order valence-electron chi connectivity index (χ0n) is 7.02. The maximum Gasteiger partial charge on any atom is 0.0657 e. The fourth-order valence-electron chi connectivity index (χ4n) is 2.25. The molecule has 2 heterocycles. The van der Waals surface area contributed by atoms with Crippen molar-refractivity contribution in [3.05, 3.63) is 0 Å². The first-order chi connectivity index (χ1) is 5.35. The molecule has 3 nitrogen and oxygen atoms in total. The van der Waals surface area contributed by atoms with E-state index in [0.717, 1.165) is 19.7 Å². The van der Waals surface area contributed by atoms with Crippen molar-refractivity contribution in [3.8, 4) is 0 Å². The zero-order valence-corrected chi connectivity index (χ0v) is 7.02. The van der Waals surface area contributed by atoms with E-state index in [0.29, 0.717) is 6.04 Å². The highest BCUT2D eigenvalue weighted by Crippen LogP contribution is 2.25. The Balaban J connectivity index is 2.01. The molecule has 2 fully saturated rings. The number of piperazine rings is 1. The predicted molar refractivity (Wildman–Crippen MR) is 43.6 cm³/mol. The minimum absolute atomic E-state index is 0.262. The lowest BCUT2D eigenvalue weighted by Crippen LogP contribution is -2.60. The monoisotopic (exact) mass is 156 g/mol. The Labute approximate surface area is 67.5 Å². The SMILES string of the molecule is COC[C@@]12CC[C@@H](CNC1)N2. The highest BCUT2D eigenvalue weighted by Gasteiger charge is 2.41. The lowest BCUT2D eigenvalue weighted by molar-refractivity contribution is 0.108. The summed E-state index contributed by atoms with van der Waals surface area (Å²) in [6.07, 6.45) is 2.56. The minimum atomic E-state index is 0.262. The number of fused-ring (bicyclic) bond motifs is 2. The smallest absolute Gasteiger partial charge is 0.0657 e. The van der Waals surface area contributed by atoms with Gasteiger partial charge in [0.2, 0.25) is 0 Å². The van der Waals surface area contributed by atoms with Gasteiger partial charge in [0.15, 0.2) is 0 Å². The summed E-state index contributed by atoms with van der Waals surface area (Å²) >= 11 is 0. The van der Waals surface area contributed by atoms with Crippen molar-refractivity contribution in [1.82, 2.24) is 10.6 Å². The van der Waals surface area contributed by atoms with Crippen molar-refractivity contribution in [2.75, 3.05) is 26.8 Å². The molecule has 0 amide bonds. The normalized spacial score (nSPS) is 42.8. The summed E-state index contributed by atoms with van der Waals surface area (Å²) in [7, 11) is 1.78. The molecule has 0 aliphatic carbocycles. The minimum Gasteiger partial charge on any atom is -0.383 e. The van der Waals surface area contributed by atoms with Crippen molar-refractivity contribution < 1.29 is 4.74 Å². The number of hydrogen-bond acceptors (Lipinski definition) is 3. The average Bonchev–Trinajstić information content (AvgIpc) is 2.28. The molecule has 0 unspecified atom stereocenters. The van der Waals surface area contributed by atoms with Gasteiger partial charge in [-0.15, -0.1) is 0 Å². The van der Waals surface area contributed by atoms with Gasteiger partial charge in [0.1, 0.15) is 0 Å². The van der Waals surface area contributed by atoms with E-state index in [2.05, 4.69) is 10.6 Å². The van der Waals surface area contributed by atoms with Gasteiger partial charge in [-0.05, 0) is 12.8 Å². The quantitative estimate of drug-likeness (QED) is 0.577. The maximum absolute atomic E-state index is 5.20. The van der Waals surface area contributed by atoms with Crippen LogP contribution in [0.1, 0.15) is 12.8 Å². The Morgan fingerprint density at radius 2 is 2.55 bits per heavy atom. The van der Waals surface area contributed by atoms with Crippen LogP contribution in [0.2, 0.25) is 0 Å². The Morgan fingerprint density at radius 1 is 1.64 bits per heavy atom. The first-order valence-corrected chi connectivity index (χ1v) is 4.32. The van der Waals surface area contributed by atoms with Crippen LogP contribution in [0.15, 0.2) is 0 Å². The van der Waals surface area contributed by atoms with Gasteiger partial charge in [0.25, 0.3) is 0 Å². The molecule has 0 saturated carbocycles. The molecule has 0 spiro atoms. The van der Waals surface area contributed by atoms with E-state index in [-0.39, 0.29) is 5.54 Å². The molecule has 2 atom stereocenters. The number of rotatable bonds is 2. The van der Waals surface area contributed by atoms with Crippen molar-refractivity contribution in [3.63, 3.8) is 0 Å². The molecule has 2 rings (SSSR count). The van der Waals surface area contributed by atoms with Gasteiger partial charge in [-0.1, -0.05) is 0 Å². The molecular weight excluding hydrogens is 140 g/mol. The second-order valence-corrected chi connectivity index (χ2v) is 3.72. The summed E-state index contributed by atoms with van der Waals surface area (Å²) < 4.78 is 5.20. The predicted octanol–water partition coefficient (Wildman–Crippen LogP) is -0.273. The molecule has 2 aliphatic rings. The van der Waals surface area contributed by atoms with Crippen molar-refractivity contribution in [2.24, 2.45) is 0 Å². The van der Waals surface area contributed by atoms with Crippen LogP contribution in [0.5, 0.6) is 0 Å². The highest BCUT2D eigenvalue weighted by molar-refractivity contribution is 5.03. The lowest BCUT2D eigenvalue weighted by Gasteiger charge is -2.34. The summed E-state index contributed by atoms with van der Waals surface area (Å²) in [5.41, 5.74) is 0.262. The van der Waals surface area contributed by atoms with E-state index in [4.69, 9.17) is 4.74 Å². The van der Waals surface area contributed by atoms with Crippen LogP contribution in [0.25, 0.3) is 0 Å². The van der Waals surface area contributed by atoms with E-state index >= 15 is 0 Å². The molecule has 2 saturated heterocycles. The first kappa shape index (κ1) is 7.53. The van der Waals surface area contributed by atoms with Crippen molar-refractivity contribution in [1.29, 1.82) is 0 Å². The topological polar surface area (TPSA) is 33.3 Å². The van der Waals surface area contributed by atoms with Crippen LogP contribution in [-0.2, 0) is 4.74 Å². The molecule has 0 aromatic rings. The number of nitrogens with one attached hydrogen (secondary N) is 2. The van der Waals surface area contributed by atoms with Gasteiger partial charge >= 0.3 is 0 Å². The van der Waals surface area contributed by atoms with Gasteiger partial charge in [-0.3, -0.25) is 0 Å². The fraction of sp³-hybridized carbons (Fsp3) is 1.00. The van der Waals surface area contributed by atoms with E-state index < -0.39 is 0 Å². The average molecular weight is 156 g/mol. The van der Waals surface area contributed by atoms with Crippen LogP contribution >= 0.6 is 0 Å². The summed E-state index contributed by atoms with van der Waals surface area (Å²) in [5.74, 6) is 0. The number of hydrogen-bond donors (Lipinski definition) is 2. The largest absolute Gasteiger partial charge is 0.383 e. The van der Waals surface area contributed by atoms with Gasteiger partial charge in [-0.25, -0.2) is 0 Å². The third-order valence-corrected chi connectivity index (χ3v) is 2.76. The Kier molecular flexibility index (Phi) is 1.87. The second-order valence-electron chi connectivity index (χ2n) is 3.72. The second kappa shape index (κ2) is 2.73. The van der Waals surface area contributed by atoms with E-state index in [1.165, 1.54) is 12.8 Å². The summed E-state index contributed by atoms with van der Waals surface area (Å²) in [6, 6.07) is 0.693. The van der Waals surface area contributed by atoms with Gasteiger partial charge < -0.3 is 15.4 Å². The van der Waals surface area contributed by atoms with E-state index in [1.54, 1.807) is 7.11 Å². The first-order valence-electron chi connectivity index (χ1n) is 4.32. The van der Waals surface area contributed by atoms with Crippen molar-refractivity contribution >= 4 is 0 Å². The molecule has 3 heteroatoms. The summed E-state index contributed by atoms with van der Waals surface area (Å²) in [5, 5.41) is 7.05. The molecular formula is C8H16N2O. The third-order valence-electron chi connectivity index (χ3n) is 2.76. The maximum atomic E-state index is 5.20. The van der Waals surface area contributed by atoms with Crippen molar-refractivity contribution in [2.45, 2.75) is 24.4 Å². The summed E-state index contributed by atoms with van der Waals surface area (Å²) in [6.45, 7) is 3.04. The lowest BCUT2D eigenvalue weighted by atomic mass is 9.99. The fourth-order valence-corrected chi connectivity index (χ4v) is 2.25. The molecule has 64 valence electrons. The zero-order chi connectivity index (χ0) is 7.73. The van der Waals surface area contributed by atoms with Crippen LogP contribution < -0.4 is 10.6 Å². The Bertz CT molecular complexity index is 142. The van der Waals surface area contributed by atoms with Crippen LogP contribution in [0.3, 0.4) is 0 Å². The molecule has 0 aromatic heterocycles. The molecule has 2 aliphatic heterocycles. The molecule has 0 radical (unpaired) electrons. The Morgan fingerprint density at radius 3 is 3.36 bits per heavy atom. The van der Waals surface area contributed by atoms with Gasteiger partial charge in [0.05, 0.1) is 12.1 Å². The van der Waals surface area contributed by atoms with Crippen LogP contribution in [-0.4, -0.2) is 38.4 Å². The highest BCUT2D eigenvalue weighted by atomic mass is 16.5. The molecule has 2 N–H and O–H groups in total.